The fourth-order valence-electron chi connectivity index (χ4n) is 2.02. The molecule has 0 saturated heterocycles. The van der Waals surface area contributed by atoms with Gasteiger partial charge in [0, 0.05) is 24.5 Å². The van der Waals surface area contributed by atoms with Crippen LogP contribution in [0.1, 0.15) is 31.2 Å². The van der Waals surface area contributed by atoms with Crippen molar-refractivity contribution in [2.24, 2.45) is 0 Å². The summed E-state index contributed by atoms with van der Waals surface area (Å²) in [4.78, 5) is 10.9. The lowest BCUT2D eigenvalue weighted by molar-refractivity contribution is 0.199. The van der Waals surface area contributed by atoms with E-state index in [4.69, 9.17) is 0 Å². The minimum absolute atomic E-state index is 0.526. The Hall–Kier alpha value is -1.94. The molecule has 0 aromatic carbocycles. The lowest BCUT2D eigenvalue weighted by Crippen LogP contribution is -2.25. The van der Waals surface area contributed by atoms with Gasteiger partial charge >= 0.3 is 0 Å². The number of hydrogen-bond donors (Lipinski definition) is 1. The minimum atomic E-state index is -0.526. The number of rotatable bonds is 5. The number of pyridine rings is 2. The number of anilines is 1. The van der Waals surface area contributed by atoms with E-state index in [1.54, 1.807) is 19.3 Å². The quantitative estimate of drug-likeness (QED) is 0.894. The van der Waals surface area contributed by atoms with Crippen LogP contribution in [0.4, 0.5) is 5.82 Å². The van der Waals surface area contributed by atoms with Crippen LogP contribution in [0.3, 0.4) is 0 Å². The fourth-order valence-corrected chi connectivity index (χ4v) is 2.02. The van der Waals surface area contributed by atoms with Gasteiger partial charge in [-0.25, -0.2) is 4.98 Å². The molecule has 0 amide bonds. The van der Waals surface area contributed by atoms with E-state index in [1.165, 1.54) is 0 Å². The van der Waals surface area contributed by atoms with Crippen molar-refractivity contribution in [3.05, 3.63) is 54.0 Å². The summed E-state index contributed by atoms with van der Waals surface area (Å²) in [6.07, 6.45) is 3.01. The Morgan fingerprint density at radius 2 is 1.95 bits per heavy atom. The van der Waals surface area contributed by atoms with Crippen LogP contribution < -0.4 is 4.90 Å². The van der Waals surface area contributed by atoms with Crippen molar-refractivity contribution in [3.8, 4) is 0 Å². The summed E-state index contributed by atoms with van der Waals surface area (Å²) in [5.41, 5.74) is 1.84. The Kier molecular flexibility index (Phi) is 4.47. The zero-order valence-corrected chi connectivity index (χ0v) is 11.3. The van der Waals surface area contributed by atoms with Crippen LogP contribution in [0.25, 0.3) is 0 Å². The predicted molar refractivity (Wildman–Crippen MR) is 75.8 cm³/mol. The van der Waals surface area contributed by atoms with Crippen LogP contribution >= 0.6 is 0 Å². The van der Waals surface area contributed by atoms with Crippen molar-refractivity contribution < 1.29 is 5.11 Å². The van der Waals surface area contributed by atoms with E-state index >= 15 is 0 Å². The smallest absolute Gasteiger partial charge is 0.134 e. The maximum Gasteiger partial charge on any atom is 0.134 e. The summed E-state index contributed by atoms with van der Waals surface area (Å²) in [7, 11) is 0. The molecule has 0 aliphatic heterocycles. The minimum Gasteiger partial charge on any atom is -0.389 e. The topological polar surface area (TPSA) is 49.2 Å². The first-order valence-electron chi connectivity index (χ1n) is 6.50. The van der Waals surface area contributed by atoms with Crippen molar-refractivity contribution in [3.63, 3.8) is 0 Å². The first kappa shape index (κ1) is 13.5. The monoisotopic (exact) mass is 257 g/mol. The van der Waals surface area contributed by atoms with E-state index in [2.05, 4.69) is 21.8 Å². The molecule has 0 aliphatic rings. The molecule has 0 saturated carbocycles. The lowest BCUT2D eigenvalue weighted by Gasteiger charge is -2.24. The molecular formula is C15H19N3O. The van der Waals surface area contributed by atoms with E-state index in [0.29, 0.717) is 6.54 Å². The van der Waals surface area contributed by atoms with E-state index in [9.17, 15) is 5.11 Å². The Morgan fingerprint density at radius 3 is 2.58 bits per heavy atom. The third kappa shape index (κ3) is 3.29. The lowest BCUT2D eigenvalue weighted by atomic mass is 10.1. The summed E-state index contributed by atoms with van der Waals surface area (Å²) in [5.74, 6) is 0.825. The third-order valence-corrected chi connectivity index (χ3v) is 3.03. The van der Waals surface area contributed by atoms with E-state index in [0.717, 1.165) is 23.6 Å². The number of hydrogen-bond acceptors (Lipinski definition) is 4. The second-order valence-corrected chi connectivity index (χ2v) is 4.43. The summed E-state index contributed by atoms with van der Waals surface area (Å²) < 4.78 is 0. The van der Waals surface area contributed by atoms with Crippen LogP contribution in [0.15, 0.2) is 42.7 Å². The van der Waals surface area contributed by atoms with Gasteiger partial charge < -0.3 is 10.0 Å². The van der Waals surface area contributed by atoms with Crippen molar-refractivity contribution >= 4 is 5.82 Å². The molecule has 100 valence electrons. The molecule has 0 aliphatic carbocycles. The zero-order chi connectivity index (χ0) is 13.7. The average Bonchev–Trinajstić information content (AvgIpc) is 2.46. The number of aliphatic hydroxyl groups is 1. The highest BCUT2D eigenvalue weighted by molar-refractivity contribution is 5.47. The summed E-state index contributed by atoms with van der Waals surface area (Å²) in [5, 5.41) is 9.83. The van der Waals surface area contributed by atoms with Crippen molar-refractivity contribution in [1.82, 2.24) is 9.97 Å². The Morgan fingerprint density at radius 1 is 1.16 bits per heavy atom. The molecule has 2 aromatic heterocycles. The maximum atomic E-state index is 9.83. The highest BCUT2D eigenvalue weighted by atomic mass is 16.3. The molecule has 1 atom stereocenters. The van der Waals surface area contributed by atoms with Crippen molar-refractivity contribution in [1.29, 1.82) is 0 Å². The first-order chi connectivity index (χ1) is 9.22. The molecule has 0 radical (unpaired) electrons. The van der Waals surface area contributed by atoms with Gasteiger partial charge in [-0.15, -0.1) is 0 Å². The van der Waals surface area contributed by atoms with Gasteiger partial charge in [0.05, 0.1) is 18.3 Å². The zero-order valence-electron chi connectivity index (χ0n) is 11.3. The van der Waals surface area contributed by atoms with Gasteiger partial charge in [-0.3, -0.25) is 4.98 Å². The molecule has 2 rings (SSSR count). The van der Waals surface area contributed by atoms with Crippen molar-refractivity contribution in [2.45, 2.75) is 26.5 Å². The molecule has 4 nitrogen and oxygen atoms in total. The molecule has 2 aromatic rings. The summed E-state index contributed by atoms with van der Waals surface area (Å²) in [6.45, 7) is 5.33. The summed E-state index contributed by atoms with van der Waals surface area (Å²) in [6, 6.07) is 9.63. The van der Waals surface area contributed by atoms with Gasteiger partial charge in [-0.05, 0) is 32.0 Å². The number of nitrogens with zero attached hydrogens (tertiary/aromatic N) is 3. The third-order valence-electron chi connectivity index (χ3n) is 3.03. The second kappa shape index (κ2) is 6.29. The maximum absolute atomic E-state index is 9.83. The van der Waals surface area contributed by atoms with Crippen LogP contribution in [-0.4, -0.2) is 21.6 Å². The molecule has 4 heteroatoms. The molecule has 0 unspecified atom stereocenters. The van der Waals surface area contributed by atoms with Crippen LogP contribution in [0.2, 0.25) is 0 Å². The Balaban J connectivity index is 2.27. The van der Waals surface area contributed by atoms with Gasteiger partial charge in [0.15, 0.2) is 0 Å². The first-order valence-corrected chi connectivity index (χ1v) is 6.50. The molecule has 19 heavy (non-hydrogen) atoms. The normalized spacial score (nSPS) is 12.2. The largest absolute Gasteiger partial charge is 0.389 e. The molecular weight excluding hydrogens is 238 g/mol. The summed E-state index contributed by atoms with van der Waals surface area (Å²) >= 11 is 0. The fraction of sp³-hybridized carbons (Fsp3) is 0.333. The molecule has 0 spiro atoms. The molecule has 2 heterocycles. The van der Waals surface area contributed by atoms with Crippen LogP contribution in [-0.2, 0) is 6.54 Å². The van der Waals surface area contributed by atoms with E-state index < -0.39 is 6.10 Å². The molecule has 0 fully saturated rings. The number of aromatic nitrogens is 2. The highest BCUT2D eigenvalue weighted by Crippen LogP contribution is 2.24. The van der Waals surface area contributed by atoms with Gasteiger partial charge in [-0.1, -0.05) is 12.1 Å². The van der Waals surface area contributed by atoms with Gasteiger partial charge in [0.2, 0.25) is 0 Å². The van der Waals surface area contributed by atoms with Gasteiger partial charge in [-0.2, -0.15) is 0 Å². The molecule has 0 bridgehead atoms. The van der Waals surface area contributed by atoms with E-state index in [-0.39, 0.29) is 0 Å². The Bertz CT molecular complexity index is 514. The standard InChI is InChI=1S/C15H19N3O/c1-3-18(11-13-7-4-5-9-16-13)15-14(12(2)19)8-6-10-17-15/h4-10,12,19H,3,11H2,1-2H3/t12-/m0/s1. The van der Waals surface area contributed by atoms with Gasteiger partial charge in [0.25, 0.3) is 0 Å². The Labute approximate surface area is 113 Å². The second-order valence-electron chi connectivity index (χ2n) is 4.43. The predicted octanol–water partition coefficient (Wildman–Crippen LogP) is 2.56. The highest BCUT2D eigenvalue weighted by Gasteiger charge is 2.14. The van der Waals surface area contributed by atoms with Gasteiger partial charge in [0.1, 0.15) is 5.82 Å². The number of aliphatic hydroxyl groups excluding tert-OH is 1. The van der Waals surface area contributed by atoms with Crippen molar-refractivity contribution in [2.75, 3.05) is 11.4 Å². The molecule has 1 N–H and O–H groups in total. The van der Waals surface area contributed by atoms with E-state index in [1.807, 2.05) is 30.3 Å². The SMILES string of the molecule is CCN(Cc1ccccn1)c1ncccc1[C@H](C)O. The average molecular weight is 257 g/mol. The van der Waals surface area contributed by atoms with Crippen LogP contribution in [0, 0.1) is 0 Å². The van der Waals surface area contributed by atoms with Crippen LogP contribution in [0.5, 0.6) is 0 Å².